The molecule has 3 N–H and O–H groups in total. The Kier molecular flexibility index (Phi) is 3.31. The molecule has 0 aliphatic heterocycles. The topological polar surface area (TPSA) is 55.5 Å². The highest BCUT2D eigenvalue weighted by atomic mass is 79.9. The van der Waals surface area contributed by atoms with Crippen LogP contribution in [0.1, 0.15) is 25.0 Å². The van der Waals surface area contributed by atoms with Gasteiger partial charge in [-0.2, -0.15) is 0 Å². The molecule has 0 spiro atoms. The van der Waals surface area contributed by atoms with Gasteiger partial charge in [-0.05, 0) is 32.4 Å². The molecule has 0 aliphatic rings. The Balaban J connectivity index is 3.59. The minimum Gasteiger partial charge on any atom is -0.504 e. The fraction of sp³-hybridized carbons (Fsp3) is 0.455. The summed E-state index contributed by atoms with van der Waals surface area (Å²) in [6.07, 6.45) is 0. The molecule has 0 atom stereocenters. The lowest BCUT2D eigenvalue weighted by atomic mass is 9.90. The van der Waals surface area contributed by atoms with Crippen LogP contribution in [0.3, 0.4) is 0 Å². The van der Waals surface area contributed by atoms with Crippen molar-refractivity contribution in [2.75, 3.05) is 7.11 Å². The highest BCUT2D eigenvalue weighted by Crippen LogP contribution is 2.41. The van der Waals surface area contributed by atoms with Crippen LogP contribution in [0, 0.1) is 6.92 Å². The lowest BCUT2D eigenvalue weighted by Gasteiger charge is -2.25. The van der Waals surface area contributed by atoms with Gasteiger partial charge in [0.1, 0.15) is 0 Å². The third-order valence-electron chi connectivity index (χ3n) is 2.30. The molecule has 0 bridgehead atoms. The van der Waals surface area contributed by atoms with Gasteiger partial charge in [-0.25, -0.2) is 0 Å². The summed E-state index contributed by atoms with van der Waals surface area (Å²) in [5.41, 5.74) is 7.30. The van der Waals surface area contributed by atoms with E-state index in [-0.39, 0.29) is 5.75 Å². The second-order valence-corrected chi connectivity index (χ2v) is 4.99. The van der Waals surface area contributed by atoms with Crippen molar-refractivity contribution in [2.24, 2.45) is 5.73 Å². The van der Waals surface area contributed by atoms with Gasteiger partial charge >= 0.3 is 0 Å². The Morgan fingerprint density at radius 2 is 2.00 bits per heavy atom. The predicted molar refractivity (Wildman–Crippen MR) is 64.3 cm³/mol. The van der Waals surface area contributed by atoms with Gasteiger partial charge in [-0.1, -0.05) is 15.9 Å². The van der Waals surface area contributed by atoms with Crippen LogP contribution in [0.15, 0.2) is 10.5 Å². The quantitative estimate of drug-likeness (QED) is 0.871. The number of benzene rings is 1. The van der Waals surface area contributed by atoms with E-state index in [0.29, 0.717) is 5.75 Å². The number of phenols is 1. The van der Waals surface area contributed by atoms with Crippen LogP contribution in [0.5, 0.6) is 11.5 Å². The first-order valence-electron chi connectivity index (χ1n) is 4.64. The number of aromatic hydroxyl groups is 1. The third kappa shape index (κ3) is 2.26. The monoisotopic (exact) mass is 273 g/mol. The van der Waals surface area contributed by atoms with E-state index in [0.717, 1.165) is 15.6 Å². The molecule has 1 rings (SSSR count). The number of phenolic OH excluding ortho intramolecular Hbond substituents is 1. The maximum atomic E-state index is 9.75. The number of ether oxygens (including phenoxy) is 1. The van der Waals surface area contributed by atoms with E-state index < -0.39 is 5.54 Å². The summed E-state index contributed by atoms with van der Waals surface area (Å²) in [5, 5.41) is 9.75. The molecule has 1 aromatic rings. The molecule has 3 nitrogen and oxygen atoms in total. The molecule has 4 heteroatoms. The molecule has 1 aromatic carbocycles. The van der Waals surface area contributed by atoms with E-state index in [1.54, 1.807) is 6.07 Å². The van der Waals surface area contributed by atoms with Crippen molar-refractivity contribution in [1.29, 1.82) is 0 Å². The summed E-state index contributed by atoms with van der Waals surface area (Å²) in [4.78, 5) is 0. The molecule has 0 heterocycles. The molecule has 0 saturated carbocycles. The number of halogens is 1. The molecule has 15 heavy (non-hydrogen) atoms. The summed E-state index contributed by atoms with van der Waals surface area (Å²) in [7, 11) is 1.53. The minimum atomic E-state index is -0.559. The maximum Gasteiger partial charge on any atom is 0.165 e. The van der Waals surface area contributed by atoms with E-state index in [4.69, 9.17) is 10.5 Å². The fourth-order valence-corrected chi connectivity index (χ4v) is 2.11. The zero-order valence-electron chi connectivity index (χ0n) is 9.39. The standard InChI is InChI=1S/C11H16BrNO2/c1-6-7(12)5-8(14)10(15-4)9(6)11(2,3)13/h5,14H,13H2,1-4H3. The average molecular weight is 274 g/mol. The lowest BCUT2D eigenvalue weighted by molar-refractivity contribution is 0.357. The summed E-state index contributed by atoms with van der Waals surface area (Å²) < 4.78 is 6.02. The maximum absolute atomic E-state index is 9.75. The van der Waals surface area contributed by atoms with E-state index in [9.17, 15) is 5.11 Å². The average Bonchev–Trinajstić information content (AvgIpc) is 2.08. The number of hydrogen-bond acceptors (Lipinski definition) is 3. The van der Waals surface area contributed by atoms with Crippen LogP contribution < -0.4 is 10.5 Å². The first-order valence-corrected chi connectivity index (χ1v) is 5.43. The molecular formula is C11H16BrNO2. The number of rotatable bonds is 2. The third-order valence-corrected chi connectivity index (χ3v) is 3.13. The van der Waals surface area contributed by atoms with Crippen molar-refractivity contribution in [2.45, 2.75) is 26.3 Å². The second kappa shape index (κ2) is 4.02. The Hall–Kier alpha value is -0.740. The lowest BCUT2D eigenvalue weighted by Crippen LogP contribution is -2.30. The van der Waals surface area contributed by atoms with Gasteiger partial charge in [-0.3, -0.25) is 0 Å². The molecular weight excluding hydrogens is 258 g/mol. The van der Waals surface area contributed by atoms with E-state index >= 15 is 0 Å². The van der Waals surface area contributed by atoms with Crippen molar-refractivity contribution >= 4 is 15.9 Å². The summed E-state index contributed by atoms with van der Waals surface area (Å²) in [5.74, 6) is 0.548. The van der Waals surface area contributed by atoms with Crippen LogP contribution >= 0.6 is 15.9 Å². The first-order chi connectivity index (χ1) is 6.79. The van der Waals surface area contributed by atoms with Gasteiger partial charge in [0.25, 0.3) is 0 Å². The van der Waals surface area contributed by atoms with E-state index in [1.807, 2.05) is 20.8 Å². The summed E-state index contributed by atoms with van der Waals surface area (Å²) in [6, 6.07) is 1.61. The molecule has 84 valence electrons. The zero-order valence-corrected chi connectivity index (χ0v) is 11.0. The normalized spacial score (nSPS) is 11.6. The van der Waals surface area contributed by atoms with Gasteiger partial charge < -0.3 is 15.6 Å². The van der Waals surface area contributed by atoms with Crippen molar-refractivity contribution < 1.29 is 9.84 Å². The predicted octanol–water partition coefficient (Wildman–Crippen LogP) is 2.67. The Labute approximate surface area is 98.4 Å². The van der Waals surface area contributed by atoms with Gasteiger partial charge in [0.05, 0.1) is 7.11 Å². The smallest absolute Gasteiger partial charge is 0.165 e. The first kappa shape index (κ1) is 12.3. The fourth-order valence-electron chi connectivity index (χ4n) is 1.69. The molecule has 0 radical (unpaired) electrons. The van der Waals surface area contributed by atoms with Gasteiger partial charge in [0.15, 0.2) is 11.5 Å². The van der Waals surface area contributed by atoms with Crippen molar-refractivity contribution in [3.05, 3.63) is 21.7 Å². The van der Waals surface area contributed by atoms with E-state index in [2.05, 4.69) is 15.9 Å². The molecule has 0 aromatic heterocycles. The highest BCUT2D eigenvalue weighted by molar-refractivity contribution is 9.10. The van der Waals surface area contributed by atoms with Crippen molar-refractivity contribution in [3.8, 4) is 11.5 Å². The molecule has 0 aliphatic carbocycles. The summed E-state index contributed by atoms with van der Waals surface area (Å²) in [6.45, 7) is 5.70. The highest BCUT2D eigenvalue weighted by Gasteiger charge is 2.25. The van der Waals surface area contributed by atoms with Crippen LogP contribution in [-0.4, -0.2) is 12.2 Å². The minimum absolute atomic E-state index is 0.100. The molecule has 0 unspecified atom stereocenters. The van der Waals surface area contributed by atoms with Crippen LogP contribution in [0.25, 0.3) is 0 Å². The van der Waals surface area contributed by atoms with Crippen molar-refractivity contribution in [3.63, 3.8) is 0 Å². The SMILES string of the molecule is COc1c(O)cc(Br)c(C)c1C(C)(C)N. The zero-order chi connectivity index (χ0) is 11.8. The van der Waals surface area contributed by atoms with Crippen LogP contribution in [0.2, 0.25) is 0 Å². The van der Waals surface area contributed by atoms with E-state index in [1.165, 1.54) is 7.11 Å². The van der Waals surface area contributed by atoms with Gasteiger partial charge in [0, 0.05) is 15.6 Å². The largest absolute Gasteiger partial charge is 0.504 e. The number of methoxy groups -OCH3 is 1. The molecule has 0 fully saturated rings. The Morgan fingerprint density at radius 1 is 1.47 bits per heavy atom. The second-order valence-electron chi connectivity index (χ2n) is 4.13. The van der Waals surface area contributed by atoms with Crippen LogP contribution in [0.4, 0.5) is 0 Å². The van der Waals surface area contributed by atoms with Crippen LogP contribution in [-0.2, 0) is 5.54 Å². The number of hydrogen-bond donors (Lipinski definition) is 2. The molecule has 0 saturated heterocycles. The van der Waals surface area contributed by atoms with Gasteiger partial charge in [0.2, 0.25) is 0 Å². The van der Waals surface area contributed by atoms with Crippen molar-refractivity contribution in [1.82, 2.24) is 0 Å². The Morgan fingerprint density at radius 3 is 2.40 bits per heavy atom. The number of nitrogens with two attached hydrogens (primary N) is 1. The Bertz CT molecular complexity index is 383. The molecule has 0 amide bonds. The van der Waals surface area contributed by atoms with Gasteiger partial charge in [-0.15, -0.1) is 0 Å². The summed E-state index contributed by atoms with van der Waals surface area (Å²) >= 11 is 3.38.